The van der Waals surface area contributed by atoms with Crippen molar-refractivity contribution < 1.29 is 14.6 Å². The Bertz CT molecular complexity index is 577. The molecule has 0 radical (unpaired) electrons. The Morgan fingerprint density at radius 1 is 1.45 bits per heavy atom. The van der Waals surface area contributed by atoms with Crippen molar-refractivity contribution >= 4 is 20.0 Å². The van der Waals surface area contributed by atoms with Crippen LogP contribution in [0.1, 0.15) is 25.1 Å². The van der Waals surface area contributed by atoms with E-state index in [-0.39, 0.29) is 6.54 Å². The Hall–Kier alpha value is -1.54. The number of hydrogen-bond donors (Lipinski definition) is 2. The summed E-state index contributed by atoms with van der Waals surface area (Å²) in [6.07, 6.45) is -0.952. The maximum absolute atomic E-state index is 11.4. The van der Waals surface area contributed by atoms with E-state index in [1.165, 1.54) is 4.90 Å². The molecule has 2 rings (SSSR count). The first kappa shape index (κ1) is 16.8. The highest BCUT2D eigenvalue weighted by Gasteiger charge is 2.45. The zero-order valence-corrected chi connectivity index (χ0v) is 15.0. The van der Waals surface area contributed by atoms with Crippen molar-refractivity contribution in [3.05, 3.63) is 11.3 Å². The topological polar surface area (TPSA) is 93.6 Å². The molecule has 7 nitrogen and oxygen atoms in total. The van der Waals surface area contributed by atoms with Gasteiger partial charge in [0.1, 0.15) is 6.73 Å². The Balaban J connectivity index is 2.14. The molecular weight excluding hydrogens is 300 g/mol. The van der Waals surface area contributed by atoms with E-state index in [0.29, 0.717) is 19.2 Å². The number of fused-ring (bicyclic) bond motifs is 1. The standard InChI is InChI=1S/C14H26N4O3Si/c1-14(2)11-10(8-17(14)13(19)20)12(15)16-18(11)9-21-6-7-22(3,4)5/h6-9H2,1-5H3,(H2,15,16)(H,19,20). The van der Waals surface area contributed by atoms with Gasteiger partial charge in [0.25, 0.3) is 0 Å². The lowest BCUT2D eigenvalue weighted by atomic mass is 10.0. The minimum Gasteiger partial charge on any atom is -0.465 e. The number of hydrogen-bond acceptors (Lipinski definition) is 4. The van der Waals surface area contributed by atoms with Crippen LogP contribution in [0.3, 0.4) is 0 Å². The van der Waals surface area contributed by atoms with Gasteiger partial charge in [-0.15, -0.1) is 0 Å². The number of carbonyl (C=O) groups is 1. The summed E-state index contributed by atoms with van der Waals surface area (Å²) >= 11 is 0. The number of amides is 1. The molecule has 22 heavy (non-hydrogen) atoms. The van der Waals surface area contributed by atoms with E-state index in [1.807, 2.05) is 13.8 Å². The fraction of sp³-hybridized carbons (Fsp3) is 0.714. The summed E-state index contributed by atoms with van der Waals surface area (Å²) in [4.78, 5) is 12.8. The molecule has 124 valence electrons. The molecular formula is C14H26N4O3Si. The predicted molar refractivity (Wildman–Crippen MR) is 87.3 cm³/mol. The molecule has 1 aromatic heterocycles. The lowest BCUT2D eigenvalue weighted by Crippen LogP contribution is -2.41. The number of anilines is 1. The van der Waals surface area contributed by atoms with E-state index in [1.54, 1.807) is 4.68 Å². The fourth-order valence-electron chi connectivity index (χ4n) is 2.77. The number of carboxylic acid groups (broad SMARTS) is 1. The van der Waals surface area contributed by atoms with Gasteiger partial charge in [0.05, 0.1) is 17.8 Å². The zero-order chi connectivity index (χ0) is 16.7. The van der Waals surface area contributed by atoms with Crippen LogP contribution >= 0.6 is 0 Å². The molecule has 1 aromatic rings. The summed E-state index contributed by atoms with van der Waals surface area (Å²) in [5.74, 6) is 0.389. The van der Waals surface area contributed by atoms with E-state index in [0.717, 1.165) is 17.3 Å². The zero-order valence-electron chi connectivity index (χ0n) is 14.0. The lowest BCUT2D eigenvalue weighted by molar-refractivity contribution is 0.0628. The Kier molecular flexibility index (Phi) is 4.27. The Labute approximate surface area is 132 Å². The molecule has 3 N–H and O–H groups in total. The number of nitrogens with two attached hydrogens (primary N) is 1. The van der Waals surface area contributed by atoms with Crippen molar-refractivity contribution in [3.63, 3.8) is 0 Å². The summed E-state index contributed by atoms with van der Waals surface area (Å²) in [7, 11) is -1.13. The normalized spacial score (nSPS) is 16.9. The number of ether oxygens (including phenoxy) is 1. The van der Waals surface area contributed by atoms with Gasteiger partial charge in [0.15, 0.2) is 5.82 Å². The lowest BCUT2D eigenvalue weighted by Gasteiger charge is -2.30. The summed E-state index contributed by atoms with van der Waals surface area (Å²) in [5.41, 5.74) is 6.92. The number of aromatic nitrogens is 2. The second kappa shape index (κ2) is 5.58. The van der Waals surface area contributed by atoms with E-state index < -0.39 is 19.7 Å². The molecule has 0 saturated heterocycles. The van der Waals surface area contributed by atoms with Crippen molar-refractivity contribution in [1.29, 1.82) is 0 Å². The molecule has 0 aliphatic carbocycles. The van der Waals surface area contributed by atoms with Crippen LogP contribution in [0.5, 0.6) is 0 Å². The minimum absolute atomic E-state index is 0.276. The van der Waals surface area contributed by atoms with Crippen LogP contribution in [0.4, 0.5) is 10.6 Å². The van der Waals surface area contributed by atoms with E-state index >= 15 is 0 Å². The highest BCUT2D eigenvalue weighted by Crippen LogP contribution is 2.41. The summed E-state index contributed by atoms with van der Waals surface area (Å²) in [6.45, 7) is 11.9. The van der Waals surface area contributed by atoms with E-state index in [9.17, 15) is 9.90 Å². The van der Waals surface area contributed by atoms with Crippen LogP contribution < -0.4 is 5.73 Å². The highest BCUT2D eigenvalue weighted by molar-refractivity contribution is 6.76. The van der Waals surface area contributed by atoms with Crippen LogP contribution in [0.2, 0.25) is 25.7 Å². The maximum Gasteiger partial charge on any atom is 0.408 e. The van der Waals surface area contributed by atoms with Gasteiger partial charge in [0.2, 0.25) is 0 Å². The molecule has 0 spiro atoms. The molecule has 1 amide bonds. The second-order valence-electron chi connectivity index (χ2n) is 7.49. The molecule has 0 unspecified atom stereocenters. The molecule has 0 saturated carbocycles. The molecule has 0 atom stereocenters. The van der Waals surface area contributed by atoms with E-state index in [2.05, 4.69) is 24.7 Å². The van der Waals surface area contributed by atoms with Gasteiger partial charge in [-0.25, -0.2) is 9.48 Å². The fourth-order valence-corrected chi connectivity index (χ4v) is 3.53. The molecule has 1 aliphatic heterocycles. The van der Waals surface area contributed by atoms with Crippen LogP contribution in [0.25, 0.3) is 0 Å². The monoisotopic (exact) mass is 326 g/mol. The SMILES string of the molecule is CC1(C)c2c(c(N)nn2COCC[Si](C)(C)C)CN1C(=O)O. The summed E-state index contributed by atoms with van der Waals surface area (Å²) < 4.78 is 7.44. The van der Waals surface area contributed by atoms with Gasteiger partial charge in [-0.05, 0) is 19.9 Å². The van der Waals surface area contributed by atoms with Crippen LogP contribution in [-0.4, -0.2) is 40.6 Å². The van der Waals surface area contributed by atoms with Crippen LogP contribution in [0.15, 0.2) is 0 Å². The van der Waals surface area contributed by atoms with Gasteiger partial charge in [-0.1, -0.05) is 19.6 Å². The first-order valence-corrected chi connectivity index (χ1v) is 11.2. The van der Waals surface area contributed by atoms with Gasteiger partial charge in [-0.3, -0.25) is 4.90 Å². The first-order valence-electron chi connectivity index (χ1n) is 7.48. The first-order chi connectivity index (χ1) is 10.0. The van der Waals surface area contributed by atoms with Gasteiger partial charge in [-0.2, -0.15) is 5.10 Å². The summed E-state index contributed by atoms with van der Waals surface area (Å²) in [6, 6.07) is 1.08. The van der Waals surface area contributed by atoms with Crippen molar-refractivity contribution in [3.8, 4) is 0 Å². The second-order valence-corrected chi connectivity index (χ2v) is 13.1. The smallest absolute Gasteiger partial charge is 0.408 e. The van der Waals surface area contributed by atoms with Crippen molar-refractivity contribution in [1.82, 2.24) is 14.7 Å². The molecule has 8 heteroatoms. The Morgan fingerprint density at radius 3 is 2.64 bits per heavy atom. The predicted octanol–water partition coefficient (Wildman–Crippen LogP) is 2.51. The average molecular weight is 326 g/mol. The minimum atomic E-state index is -1.13. The largest absolute Gasteiger partial charge is 0.465 e. The van der Waals surface area contributed by atoms with Gasteiger partial charge in [0, 0.05) is 20.2 Å². The van der Waals surface area contributed by atoms with Crippen LogP contribution in [-0.2, 0) is 23.6 Å². The van der Waals surface area contributed by atoms with Crippen molar-refractivity contribution in [2.45, 2.75) is 58.3 Å². The quantitative estimate of drug-likeness (QED) is 0.640. The maximum atomic E-state index is 11.4. The molecule has 1 aliphatic rings. The van der Waals surface area contributed by atoms with Crippen molar-refractivity contribution in [2.24, 2.45) is 0 Å². The Morgan fingerprint density at radius 2 is 2.09 bits per heavy atom. The average Bonchev–Trinajstić information content (AvgIpc) is 2.81. The van der Waals surface area contributed by atoms with Crippen molar-refractivity contribution in [2.75, 3.05) is 12.3 Å². The van der Waals surface area contributed by atoms with Crippen LogP contribution in [0, 0.1) is 0 Å². The molecule has 0 bridgehead atoms. The molecule has 0 fully saturated rings. The third-order valence-electron chi connectivity index (χ3n) is 4.09. The molecule has 2 heterocycles. The number of nitrogen functional groups attached to an aromatic ring is 1. The third-order valence-corrected chi connectivity index (χ3v) is 5.80. The van der Waals surface area contributed by atoms with Gasteiger partial charge >= 0.3 is 6.09 Å². The summed E-state index contributed by atoms with van der Waals surface area (Å²) in [5, 5.41) is 13.7. The van der Waals surface area contributed by atoms with E-state index in [4.69, 9.17) is 10.5 Å². The number of nitrogens with zero attached hydrogens (tertiary/aromatic N) is 3. The number of rotatable bonds is 5. The highest BCUT2D eigenvalue weighted by atomic mass is 28.3. The third kappa shape index (κ3) is 3.12. The molecule has 0 aromatic carbocycles. The van der Waals surface area contributed by atoms with Gasteiger partial charge < -0.3 is 15.6 Å².